The topological polar surface area (TPSA) is 288 Å². The number of unbranched alkanes of at least 4 members (excludes halogenated alkanes) is 1. The largest absolute Gasteiger partial charge is 0.450 e. The van der Waals surface area contributed by atoms with Crippen LogP contribution in [-0.4, -0.2) is 129 Å². The number of nitrogens with one attached hydrogen (secondary N) is 5. The molecule has 0 bridgehead atoms. The molecular formula is C36H52N10O10. The summed E-state index contributed by atoms with van der Waals surface area (Å²) >= 11 is 0. The number of hydrogen-bond acceptors (Lipinski definition) is 13. The first kappa shape index (κ1) is 42.1. The summed E-state index contributed by atoms with van der Waals surface area (Å²) < 4.78 is 5.80. The SMILES string of the molecule is CC(C)[C@@H]1OC(=O)[C@@H](C(C)C)NC(=O)[C@@H]2C[C@@]3(O)c4ccccc4N[C@H]3N2C(=O)[C@@H]([C@H](C)O)NC(=O)[C@H](CCCCN=[N+]=[N-])NC(=O)[C@H]2C[C@@H](O)CNN2C1=O. The van der Waals surface area contributed by atoms with Crippen LogP contribution in [-0.2, 0) is 39.1 Å². The Morgan fingerprint density at radius 1 is 0.911 bits per heavy atom. The maximum Gasteiger partial charge on any atom is 0.329 e. The van der Waals surface area contributed by atoms with Gasteiger partial charge in [-0.2, -0.15) is 0 Å². The summed E-state index contributed by atoms with van der Waals surface area (Å²) in [6.07, 6.45) is -5.37. The molecule has 1 aromatic carbocycles. The van der Waals surface area contributed by atoms with E-state index in [1.54, 1.807) is 52.0 Å². The second-order valence-electron chi connectivity index (χ2n) is 15.5. The molecule has 20 nitrogen and oxygen atoms in total. The molecule has 0 aromatic heterocycles. The zero-order valence-electron chi connectivity index (χ0n) is 32.0. The zero-order chi connectivity index (χ0) is 41.1. The number of ether oxygens (including phenoxy) is 1. The lowest BCUT2D eigenvalue weighted by Gasteiger charge is -2.40. The number of fused-ring (bicyclic) bond motifs is 6. The predicted octanol–water partition coefficient (Wildman–Crippen LogP) is -0.754. The number of hydrazine groups is 1. The second kappa shape index (κ2) is 17.4. The van der Waals surface area contributed by atoms with Gasteiger partial charge in [-0.05, 0) is 43.2 Å². The van der Waals surface area contributed by atoms with Gasteiger partial charge in [-0.15, -0.1) is 0 Å². The Balaban J connectivity index is 1.59. The van der Waals surface area contributed by atoms with Gasteiger partial charge < -0.3 is 46.2 Å². The van der Waals surface area contributed by atoms with E-state index in [4.69, 9.17) is 10.3 Å². The van der Waals surface area contributed by atoms with E-state index < -0.39 is 108 Å². The molecule has 56 heavy (non-hydrogen) atoms. The molecule has 0 saturated carbocycles. The number of anilines is 1. The highest BCUT2D eigenvalue weighted by Gasteiger charge is 2.61. The van der Waals surface area contributed by atoms with E-state index in [1.807, 2.05) is 0 Å². The lowest BCUT2D eigenvalue weighted by atomic mass is 9.91. The molecule has 5 amide bonds. The van der Waals surface area contributed by atoms with Crippen LogP contribution in [0.25, 0.3) is 10.4 Å². The molecule has 3 saturated heterocycles. The molecule has 4 heterocycles. The minimum Gasteiger partial charge on any atom is -0.450 e. The Kier molecular flexibility index (Phi) is 13.1. The van der Waals surface area contributed by atoms with E-state index in [1.165, 1.54) is 6.92 Å². The number of para-hydroxylation sites is 1. The number of azide groups is 1. The third-order valence-electron chi connectivity index (χ3n) is 10.7. The zero-order valence-corrected chi connectivity index (χ0v) is 32.0. The average molecular weight is 785 g/mol. The van der Waals surface area contributed by atoms with E-state index >= 15 is 0 Å². The van der Waals surface area contributed by atoms with Crippen LogP contribution in [0.4, 0.5) is 5.69 Å². The smallest absolute Gasteiger partial charge is 0.329 e. The molecule has 4 aliphatic rings. The molecule has 5 rings (SSSR count). The van der Waals surface area contributed by atoms with Crippen molar-refractivity contribution in [3.8, 4) is 0 Å². The molecule has 0 radical (unpaired) electrons. The van der Waals surface area contributed by atoms with Crippen LogP contribution >= 0.6 is 0 Å². The Hall–Kier alpha value is -5.01. The minimum atomic E-state index is -1.81. The molecule has 4 aliphatic heterocycles. The van der Waals surface area contributed by atoms with Crippen molar-refractivity contribution in [1.82, 2.24) is 31.3 Å². The maximum atomic E-state index is 14.7. The van der Waals surface area contributed by atoms with Crippen LogP contribution in [0.3, 0.4) is 0 Å². The minimum absolute atomic E-state index is 0.0350. The van der Waals surface area contributed by atoms with Crippen LogP contribution in [0.5, 0.6) is 0 Å². The van der Waals surface area contributed by atoms with Gasteiger partial charge in [-0.1, -0.05) is 57.4 Å². The number of benzene rings is 1. The van der Waals surface area contributed by atoms with Crippen molar-refractivity contribution in [3.63, 3.8) is 0 Å². The van der Waals surface area contributed by atoms with E-state index in [0.29, 0.717) is 17.7 Å². The van der Waals surface area contributed by atoms with Crippen molar-refractivity contribution >= 4 is 41.2 Å². The molecule has 20 heteroatoms. The summed E-state index contributed by atoms with van der Waals surface area (Å²) in [5, 5.41) is 49.1. The van der Waals surface area contributed by atoms with Gasteiger partial charge in [0.2, 0.25) is 23.6 Å². The summed E-state index contributed by atoms with van der Waals surface area (Å²) in [7, 11) is 0. The Labute approximate surface area is 323 Å². The van der Waals surface area contributed by atoms with Crippen LogP contribution in [0.2, 0.25) is 0 Å². The lowest BCUT2D eigenvalue weighted by molar-refractivity contribution is -0.172. The van der Waals surface area contributed by atoms with Gasteiger partial charge in [0.1, 0.15) is 42.0 Å². The summed E-state index contributed by atoms with van der Waals surface area (Å²) in [5.74, 6) is -6.52. The molecule has 0 unspecified atom stereocenters. The van der Waals surface area contributed by atoms with E-state index in [-0.39, 0.29) is 38.8 Å². The summed E-state index contributed by atoms with van der Waals surface area (Å²) in [6.45, 7) is 7.76. The fraction of sp³-hybridized carbons (Fsp3) is 0.667. The Morgan fingerprint density at radius 2 is 1.59 bits per heavy atom. The van der Waals surface area contributed by atoms with Gasteiger partial charge in [0.25, 0.3) is 5.91 Å². The number of aliphatic hydroxyl groups is 3. The van der Waals surface area contributed by atoms with Gasteiger partial charge >= 0.3 is 5.97 Å². The summed E-state index contributed by atoms with van der Waals surface area (Å²) in [5.41, 5.74) is 10.5. The molecule has 0 spiro atoms. The van der Waals surface area contributed by atoms with Crippen LogP contribution in [0, 0.1) is 11.8 Å². The number of carbonyl (C=O) groups is 6. The lowest BCUT2D eigenvalue weighted by Crippen LogP contribution is -2.67. The number of esters is 1. The van der Waals surface area contributed by atoms with E-state index in [9.17, 15) is 44.1 Å². The third-order valence-corrected chi connectivity index (χ3v) is 10.7. The fourth-order valence-corrected chi connectivity index (χ4v) is 7.68. The normalized spacial score (nSPS) is 32.0. The fourth-order valence-electron chi connectivity index (χ4n) is 7.68. The van der Waals surface area contributed by atoms with Gasteiger partial charge in [-0.3, -0.25) is 29.0 Å². The second-order valence-corrected chi connectivity index (χ2v) is 15.5. The maximum absolute atomic E-state index is 14.7. The number of cyclic esters (lactones) is 1. The highest BCUT2D eigenvalue weighted by Crippen LogP contribution is 2.49. The first-order valence-electron chi connectivity index (χ1n) is 19.0. The molecule has 8 N–H and O–H groups in total. The molecule has 306 valence electrons. The average Bonchev–Trinajstić information content (AvgIpc) is 3.60. The summed E-state index contributed by atoms with van der Waals surface area (Å²) in [4.78, 5) is 88.9. The van der Waals surface area contributed by atoms with Gasteiger partial charge in [0.05, 0.1) is 12.2 Å². The first-order valence-corrected chi connectivity index (χ1v) is 19.0. The van der Waals surface area contributed by atoms with E-state index in [2.05, 4.69) is 36.7 Å². The molecule has 3 fully saturated rings. The van der Waals surface area contributed by atoms with Crippen molar-refractivity contribution in [3.05, 3.63) is 40.3 Å². The number of rotatable bonds is 8. The number of nitrogens with zero attached hydrogens (tertiary/aromatic N) is 5. The van der Waals surface area contributed by atoms with Crippen molar-refractivity contribution in [1.29, 1.82) is 0 Å². The highest BCUT2D eigenvalue weighted by atomic mass is 16.6. The highest BCUT2D eigenvalue weighted by molar-refractivity contribution is 5.98. The predicted molar refractivity (Wildman–Crippen MR) is 197 cm³/mol. The first-order chi connectivity index (χ1) is 26.5. The van der Waals surface area contributed by atoms with Crippen LogP contribution in [0.1, 0.15) is 72.3 Å². The molecule has 0 aliphatic carbocycles. The molecule has 1 aromatic rings. The molecular weight excluding hydrogens is 732 g/mol. The Bertz CT molecular complexity index is 1740. The van der Waals surface area contributed by atoms with Crippen molar-refractivity contribution in [2.24, 2.45) is 17.0 Å². The number of amides is 5. The molecule has 10 atom stereocenters. The standard InChI is InChI=1S/C36H52N10O10/c1-17(2)26-34(54)56-28(18(3)4)33(53)46-24(14-20(48)16-39-46)30(50)40-23(12-8-9-13-38-44-37)29(49)43-27(19(5)47)32(52)45-25(31(51)42-26)15-36(55)21-10-6-7-11-22(21)41-35(36)45/h6-7,10-11,17-20,23-28,35,39,41,47-48,55H,8-9,12-16H2,1-5H3,(H,40,50)(H,42,51)(H,43,49)/t19-,20+,23-,24+,25-,26+,27+,28-,35-,36+/m0/s1. The quantitative estimate of drug-likeness (QED) is 0.0531. The number of carbonyl (C=O) groups excluding carboxylic acids is 6. The van der Waals surface area contributed by atoms with Crippen molar-refractivity contribution in [2.75, 3.05) is 18.4 Å². The van der Waals surface area contributed by atoms with Gasteiger partial charge in [0.15, 0.2) is 6.10 Å². The van der Waals surface area contributed by atoms with Crippen LogP contribution < -0.4 is 26.7 Å². The third kappa shape index (κ3) is 8.53. The number of hydrogen-bond donors (Lipinski definition) is 8. The van der Waals surface area contributed by atoms with Gasteiger partial charge in [0, 0.05) is 42.1 Å². The number of aliphatic hydroxyl groups excluding tert-OH is 2. The van der Waals surface area contributed by atoms with Crippen LogP contribution in [0.15, 0.2) is 29.4 Å². The van der Waals surface area contributed by atoms with Crippen molar-refractivity contribution < 1.29 is 48.8 Å². The van der Waals surface area contributed by atoms with Gasteiger partial charge in [-0.25, -0.2) is 10.2 Å². The monoisotopic (exact) mass is 784 g/mol. The van der Waals surface area contributed by atoms with Crippen molar-refractivity contribution in [2.45, 2.75) is 127 Å². The van der Waals surface area contributed by atoms with E-state index in [0.717, 1.165) is 9.91 Å². The number of β-amino-alcohol motifs (C(OH)–C–C–N with tert-alkyl or cyclic N) is 1. The Morgan fingerprint density at radius 3 is 2.25 bits per heavy atom. The summed E-state index contributed by atoms with van der Waals surface area (Å²) in [6, 6.07) is -0.502.